The minimum atomic E-state index is -2.93. The predicted octanol–water partition coefficient (Wildman–Crippen LogP) is 3.28. The summed E-state index contributed by atoms with van der Waals surface area (Å²) in [5, 5.41) is 8.61. The number of benzene rings is 1. The highest BCUT2D eigenvalue weighted by atomic mass is 19.3. The molecule has 84 valence electrons. The molecule has 0 aromatic heterocycles. The van der Waals surface area contributed by atoms with Gasteiger partial charge >= 0.3 is 0 Å². The third-order valence-electron chi connectivity index (χ3n) is 2.40. The fraction of sp³-hybridized carbons (Fsp3) is 0.500. The van der Waals surface area contributed by atoms with Gasteiger partial charge in [-0.1, -0.05) is 38.1 Å². The van der Waals surface area contributed by atoms with Gasteiger partial charge in [-0.3, -0.25) is 0 Å². The zero-order valence-electron chi connectivity index (χ0n) is 9.00. The summed E-state index contributed by atoms with van der Waals surface area (Å²) in [4.78, 5) is 0. The molecular weight excluding hydrogens is 198 g/mol. The van der Waals surface area contributed by atoms with E-state index in [0.717, 1.165) is 0 Å². The second kappa shape index (κ2) is 4.71. The third kappa shape index (κ3) is 2.75. The molecule has 0 bridgehead atoms. The number of alkyl halides is 2. The molecule has 0 fully saturated rings. The maximum absolute atomic E-state index is 13.6. The van der Waals surface area contributed by atoms with E-state index >= 15 is 0 Å². The minimum absolute atomic E-state index is 0.0362. The van der Waals surface area contributed by atoms with Crippen LogP contribution in [-0.4, -0.2) is 11.7 Å². The van der Waals surface area contributed by atoms with Gasteiger partial charge in [-0.15, -0.1) is 0 Å². The lowest BCUT2D eigenvalue weighted by Crippen LogP contribution is -2.18. The van der Waals surface area contributed by atoms with Gasteiger partial charge in [0.1, 0.15) is 0 Å². The van der Waals surface area contributed by atoms with Crippen LogP contribution in [0, 0.1) is 0 Å². The molecule has 15 heavy (non-hydrogen) atoms. The number of hydrogen-bond acceptors (Lipinski definition) is 1. The van der Waals surface area contributed by atoms with Crippen LogP contribution in [0.3, 0.4) is 0 Å². The van der Waals surface area contributed by atoms with Crippen molar-refractivity contribution in [1.82, 2.24) is 0 Å². The summed E-state index contributed by atoms with van der Waals surface area (Å²) in [6.45, 7) is 3.27. The van der Waals surface area contributed by atoms with Crippen LogP contribution < -0.4 is 0 Å². The maximum Gasteiger partial charge on any atom is 0.275 e. The van der Waals surface area contributed by atoms with E-state index in [1.165, 1.54) is 6.07 Å². The van der Waals surface area contributed by atoms with Gasteiger partial charge in [0.25, 0.3) is 5.92 Å². The largest absolute Gasteiger partial charge is 0.396 e. The minimum Gasteiger partial charge on any atom is -0.396 e. The maximum atomic E-state index is 13.6. The van der Waals surface area contributed by atoms with Crippen molar-refractivity contribution in [3.05, 3.63) is 35.4 Å². The molecule has 0 saturated heterocycles. The number of halogens is 2. The van der Waals surface area contributed by atoms with E-state index in [1.807, 2.05) is 13.8 Å². The molecule has 0 saturated carbocycles. The van der Waals surface area contributed by atoms with Gasteiger partial charge in [-0.25, -0.2) is 8.78 Å². The van der Waals surface area contributed by atoms with Crippen LogP contribution in [0.5, 0.6) is 0 Å². The summed E-state index contributed by atoms with van der Waals surface area (Å²) >= 11 is 0. The average Bonchev–Trinajstić information content (AvgIpc) is 2.17. The second-order valence-electron chi connectivity index (χ2n) is 3.92. The standard InChI is InChI=1S/C12H16F2O/c1-9(2)10-5-3-4-6-11(10)12(13,14)7-8-15/h3-6,9,15H,7-8H2,1-2H3. The number of hydrogen-bond donors (Lipinski definition) is 1. The Kier molecular flexibility index (Phi) is 3.80. The fourth-order valence-corrected chi connectivity index (χ4v) is 1.61. The quantitative estimate of drug-likeness (QED) is 0.815. The average molecular weight is 214 g/mol. The van der Waals surface area contributed by atoms with Gasteiger partial charge in [0.05, 0.1) is 0 Å². The Labute approximate surface area is 88.7 Å². The summed E-state index contributed by atoms with van der Waals surface area (Å²) in [5.41, 5.74) is 0.685. The van der Waals surface area contributed by atoms with Crippen LogP contribution >= 0.6 is 0 Å². The Hall–Kier alpha value is -0.960. The molecule has 1 rings (SSSR count). The molecule has 0 amide bonds. The van der Waals surface area contributed by atoms with Crippen LogP contribution in [0.15, 0.2) is 24.3 Å². The first-order chi connectivity index (χ1) is 6.99. The Morgan fingerprint density at radius 1 is 1.27 bits per heavy atom. The first-order valence-electron chi connectivity index (χ1n) is 5.07. The smallest absolute Gasteiger partial charge is 0.275 e. The lowest BCUT2D eigenvalue weighted by atomic mass is 9.92. The van der Waals surface area contributed by atoms with E-state index in [1.54, 1.807) is 18.2 Å². The molecule has 1 N–H and O–H groups in total. The molecule has 3 heteroatoms. The van der Waals surface area contributed by atoms with Crippen LogP contribution in [0.2, 0.25) is 0 Å². The zero-order chi connectivity index (χ0) is 11.5. The second-order valence-corrected chi connectivity index (χ2v) is 3.92. The van der Waals surface area contributed by atoms with E-state index < -0.39 is 19.0 Å². The molecule has 0 aliphatic rings. The molecule has 0 radical (unpaired) electrons. The first-order valence-corrected chi connectivity index (χ1v) is 5.07. The number of rotatable bonds is 4. The topological polar surface area (TPSA) is 20.2 Å². The van der Waals surface area contributed by atoms with Gasteiger partial charge in [-0.05, 0) is 11.5 Å². The SMILES string of the molecule is CC(C)c1ccccc1C(F)(F)CCO. The molecule has 0 spiro atoms. The van der Waals surface area contributed by atoms with Gasteiger partial charge < -0.3 is 5.11 Å². The van der Waals surface area contributed by atoms with Gasteiger partial charge in [0.2, 0.25) is 0 Å². The van der Waals surface area contributed by atoms with Crippen molar-refractivity contribution in [3.63, 3.8) is 0 Å². The first kappa shape index (κ1) is 12.1. The highest BCUT2D eigenvalue weighted by Gasteiger charge is 2.33. The van der Waals surface area contributed by atoms with Crippen molar-refractivity contribution in [2.75, 3.05) is 6.61 Å². The summed E-state index contributed by atoms with van der Waals surface area (Å²) in [7, 11) is 0. The molecule has 0 atom stereocenters. The van der Waals surface area contributed by atoms with Gasteiger partial charge in [0, 0.05) is 18.6 Å². The monoisotopic (exact) mass is 214 g/mol. The normalized spacial score (nSPS) is 12.1. The molecule has 1 nitrogen and oxygen atoms in total. The van der Waals surface area contributed by atoms with E-state index in [2.05, 4.69) is 0 Å². The molecule has 0 unspecified atom stereocenters. The summed E-state index contributed by atoms with van der Waals surface area (Å²) < 4.78 is 27.2. The molecular formula is C12H16F2O. The Balaban J connectivity index is 3.12. The fourth-order valence-electron chi connectivity index (χ4n) is 1.61. The van der Waals surface area contributed by atoms with Crippen molar-refractivity contribution >= 4 is 0 Å². The van der Waals surface area contributed by atoms with Crippen molar-refractivity contribution < 1.29 is 13.9 Å². The Morgan fingerprint density at radius 2 is 1.87 bits per heavy atom. The van der Waals surface area contributed by atoms with E-state index in [0.29, 0.717) is 5.56 Å². The molecule has 0 heterocycles. The number of aliphatic hydroxyl groups excluding tert-OH is 1. The predicted molar refractivity (Wildman–Crippen MR) is 56.1 cm³/mol. The highest BCUT2D eigenvalue weighted by Crippen LogP contribution is 2.36. The van der Waals surface area contributed by atoms with Gasteiger partial charge in [-0.2, -0.15) is 0 Å². The summed E-state index contributed by atoms with van der Waals surface area (Å²) in [6.07, 6.45) is -0.517. The lowest BCUT2D eigenvalue weighted by Gasteiger charge is -2.20. The summed E-state index contributed by atoms with van der Waals surface area (Å²) in [6, 6.07) is 6.51. The number of aliphatic hydroxyl groups is 1. The van der Waals surface area contributed by atoms with Crippen molar-refractivity contribution in [3.8, 4) is 0 Å². The van der Waals surface area contributed by atoms with E-state index in [9.17, 15) is 8.78 Å². The van der Waals surface area contributed by atoms with E-state index in [4.69, 9.17) is 5.11 Å². The molecule has 1 aromatic rings. The molecule has 0 aliphatic heterocycles. The Bertz CT molecular complexity index is 321. The third-order valence-corrected chi connectivity index (χ3v) is 2.40. The highest BCUT2D eigenvalue weighted by molar-refractivity contribution is 5.33. The molecule has 1 aromatic carbocycles. The van der Waals surface area contributed by atoms with Gasteiger partial charge in [0.15, 0.2) is 0 Å². The van der Waals surface area contributed by atoms with Crippen molar-refractivity contribution in [2.45, 2.75) is 32.1 Å². The van der Waals surface area contributed by atoms with Crippen molar-refractivity contribution in [2.24, 2.45) is 0 Å². The van der Waals surface area contributed by atoms with Crippen LogP contribution in [0.25, 0.3) is 0 Å². The van der Waals surface area contributed by atoms with Crippen molar-refractivity contribution in [1.29, 1.82) is 0 Å². The van der Waals surface area contributed by atoms with E-state index in [-0.39, 0.29) is 11.5 Å². The zero-order valence-corrected chi connectivity index (χ0v) is 9.00. The Morgan fingerprint density at radius 3 is 2.40 bits per heavy atom. The summed E-state index contributed by atoms with van der Waals surface area (Å²) in [5.74, 6) is -2.87. The lowest BCUT2D eigenvalue weighted by molar-refractivity contribution is -0.0279. The molecule has 0 aliphatic carbocycles. The van der Waals surface area contributed by atoms with Crippen LogP contribution in [0.4, 0.5) is 8.78 Å². The van der Waals surface area contributed by atoms with Crippen LogP contribution in [0.1, 0.15) is 37.3 Å². The van der Waals surface area contributed by atoms with Crippen LogP contribution in [-0.2, 0) is 5.92 Å².